The van der Waals surface area contributed by atoms with Crippen molar-refractivity contribution in [2.45, 2.75) is 57.8 Å². The van der Waals surface area contributed by atoms with Crippen LogP contribution in [-0.2, 0) is 16.2 Å². The van der Waals surface area contributed by atoms with Crippen LogP contribution in [-0.4, -0.2) is 13.7 Å². The van der Waals surface area contributed by atoms with Gasteiger partial charge in [-0.15, -0.1) is 0 Å². The molecule has 0 fully saturated rings. The minimum absolute atomic E-state index is 0.166. The van der Waals surface area contributed by atoms with Gasteiger partial charge in [0.2, 0.25) is 0 Å². The van der Waals surface area contributed by atoms with Crippen molar-refractivity contribution in [1.82, 2.24) is 13.7 Å². The average Bonchev–Trinajstić information content (AvgIpc) is 1.55. The van der Waals surface area contributed by atoms with Crippen LogP contribution in [0.15, 0.2) is 481 Å². The van der Waals surface area contributed by atoms with Gasteiger partial charge in [0, 0.05) is 147 Å². The summed E-state index contributed by atoms with van der Waals surface area (Å²) in [7, 11) is 0. The largest absolute Gasteiger partial charge is 0.456 e. The van der Waals surface area contributed by atoms with E-state index in [-0.39, 0.29) is 16.2 Å². The second-order valence-electron chi connectivity index (χ2n) is 42.4. The normalized spacial score (nSPS) is 13.6. The van der Waals surface area contributed by atoms with Gasteiger partial charge >= 0.3 is 0 Å². The highest BCUT2D eigenvalue weighted by Crippen LogP contribution is 2.59. The van der Waals surface area contributed by atoms with Gasteiger partial charge in [-0.1, -0.05) is 321 Å². The maximum atomic E-state index is 6.59. The summed E-state index contributed by atoms with van der Waals surface area (Å²) in [6.07, 6.45) is 0. The molecule has 9 aromatic heterocycles. The van der Waals surface area contributed by atoms with Crippen LogP contribution in [0.4, 0.5) is 0 Å². The Labute approximate surface area is 862 Å². The highest BCUT2D eigenvalue weighted by molar-refractivity contribution is 6.19. The van der Waals surface area contributed by atoms with Crippen LogP contribution in [0.2, 0.25) is 0 Å². The molecule has 0 unspecified atom stereocenters. The number of rotatable bonds is 9. The Kier molecular flexibility index (Phi) is 18.2. The number of fused-ring (bicyclic) bond motifs is 33. The molecule has 0 saturated heterocycles. The van der Waals surface area contributed by atoms with E-state index in [1.807, 2.05) is 60.7 Å². The molecular formula is C141H93N3O6. The van der Waals surface area contributed by atoms with Crippen LogP contribution in [0.1, 0.15) is 74.9 Å². The zero-order valence-corrected chi connectivity index (χ0v) is 83.1. The van der Waals surface area contributed by atoms with E-state index in [2.05, 4.69) is 450 Å². The van der Waals surface area contributed by atoms with Gasteiger partial charge in [0.1, 0.15) is 67.5 Å². The first-order valence-electron chi connectivity index (χ1n) is 51.8. The third-order valence-electron chi connectivity index (χ3n) is 33.0. The second kappa shape index (κ2) is 32.0. The fourth-order valence-electron chi connectivity index (χ4n) is 25.5. The Morgan fingerprint density at radius 1 is 0.160 bits per heavy atom. The van der Waals surface area contributed by atoms with Crippen molar-refractivity contribution >= 4 is 164 Å². The van der Waals surface area contributed by atoms with E-state index in [4.69, 9.17) is 26.5 Å². The van der Waals surface area contributed by atoms with Gasteiger partial charge in [-0.05, 0) is 259 Å². The van der Waals surface area contributed by atoms with E-state index >= 15 is 0 Å². The van der Waals surface area contributed by atoms with Crippen LogP contribution in [0.25, 0.3) is 282 Å². The monoisotopic (exact) mass is 1920 g/mol. The molecule has 3 aliphatic carbocycles. The van der Waals surface area contributed by atoms with Crippen molar-refractivity contribution in [3.05, 3.63) is 488 Å². The SMILES string of the molecule is CC1(C)c2cc(-n3c4ccc(-c5ccc(-c6ccccc6)cc5)cc4c4cc(-c5cc6ccccc6o5)ccc43)ccc2-c2c1ccc1c2oc2ccccc21.CC1(C)c2cc(-n3c4ccc(-c5ccccc5)cc4c4cc(-c5cc6ccccc6o5)ccc43)ccc2-c2c1ccc1c2oc2ccccc21.CC1(C)c2cc(-n3c4ccccc4c4cc(-c5cc6ccccc6o5)ccc43)ccc2-c2c1ccc1c2oc2ccccc21. The molecule has 0 amide bonds. The quantitative estimate of drug-likeness (QED) is 0.143. The Hall–Kier alpha value is -19.0. The molecule has 9 heterocycles. The molecule has 0 bridgehead atoms. The zero-order valence-electron chi connectivity index (χ0n) is 83.1. The van der Waals surface area contributed by atoms with Gasteiger partial charge in [0.15, 0.2) is 0 Å². The summed E-state index contributed by atoms with van der Waals surface area (Å²) in [5.41, 5.74) is 44.1. The van der Waals surface area contributed by atoms with Gasteiger partial charge in [-0.3, -0.25) is 0 Å². The highest BCUT2D eigenvalue weighted by atomic mass is 16.4. The molecule has 0 saturated carbocycles. The standard InChI is InChI=1S/C53H35NO2.C47H31NO2.C41H27NO2/c1-53(2)44-25-24-40-39-13-7-9-15-49(39)56-52(40)51(44)41-23-22-38(31-45(41)53)54-46-26-20-35(34-18-16-33(17-19-34)32-10-4-3-5-11-32)28-42(46)43-29-37(21-27-47(43)54)50-30-36-12-6-8-14-48(36)55-50;1-47(2)38-21-20-34-33-13-7-9-15-43(33)50-46(34)45(38)35-19-18-32(27-39(35)47)48-40-22-16-29(28-10-4-3-5-11-28)24-36(40)37-25-31(17-23-41(37)48)44-26-30-12-6-8-14-42(30)49-44;1-41(2)32-19-18-29-28-11-5-8-14-37(28)44-40(29)39(32)30-17-16-26(23-33(30)41)42-34-12-6-4-10-27(34)31-21-25(15-20-35(31)42)38-22-24-9-3-7-13-36(24)43-38/h3-31H,1-2H3;3-27H,1-2H3;3-23H,1-2H3. The van der Waals surface area contributed by atoms with E-state index < -0.39 is 0 Å². The van der Waals surface area contributed by atoms with Crippen LogP contribution in [0.3, 0.4) is 0 Å². The second-order valence-corrected chi connectivity index (χ2v) is 42.4. The molecule has 33 rings (SSSR count). The molecule has 0 spiro atoms. The van der Waals surface area contributed by atoms with Crippen molar-refractivity contribution in [3.8, 4) is 118 Å². The topological polar surface area (TPSA) is 93.6 Å². The maximum absolute atomic E-state index is 6.59. The number of hydrogen-bond donors (Lipinski definition) is 0. The van der Waals surface area contributed by atoms with Gasteiger partial charge < -0.3 is 40.2 Å². The van der Waals surface area contributed by atoms with E-state index in [0.29, 0.717) is 0 Å². The summed E-state index contributed by atoms with van der Waals surface area (Å²) in [5.74, 6) is 2.64. The molecule has 9 nitrogen and oxygen atoms in total. The molecule has 0 atom stereocenters. The van der Waals surface area contributed by atoms with Gasteiger partial charge in [0.25, 0.3) is 0 Å². The summed E-state index contributed by atoms with van der Waals surface area (Å²) >= 11 is 0. The van der Waals surface area contributed by atoms with E-state index in [1.54, 1.807) is 0 Å². The van der Waals surface area contributed by atoms with Crippen molar-refractivity contribution in [2.75, 3.05) is 0 Å². The number of benzene rings is 21. The zero-order chi connectivity index (χ0) is 99.4. The molecule has 9 heteroatoms. The van der Waals surface area contributed by atoms with Crippen molar-refractivity contribution in [1.29, 1.82) is 0 Å². The third kappa shape index (κ3) is 12.8. The van der Waals surface area contributed by atoms with Crippen molar-refractivity contribution < 1.29 is 26.5 Å². The number of aromatic nitrogens is 3. The fraction of sp³-hybridized carbons (Fsp3) is 0.0638. The number of furan rings is 6. The predicted molar refractivity (Wildman–Crippen MR) is 619 cm³/mol. The van der Waals surface area contributed by atoms with Crippen molar-refractivity contribution in [2.24, 2.45) is 0 Å². The maximum Gasteiger partial charge on any atom is 0.143 e. The average molecular weight is 1930 g/mol. The molecule has 150 heavy (non-hydrogen) atoms. The Bertz CT molecular complexity index is 10900. The highest BCUT2D eigenvalue weighted by Gasteiger charge is 2.43. The van der Waals surface area contributed by atoms with Gasteiger partial charge in [-0.25, -0.2) is 0 Å². The molecule has 0 aliphatic heterocycles. The smallest absolute Gasteiger partial charge is 0.143 e. The van der Waals surface area contributed by atoms with Crippen LogP contribution >= 0.6 is 0 Å². The van der Waals surface area contributed by atoms with E-state index in [1.165, 1.54) is 176 Å². The lowest BCUT2D eigenvalue weighted by Gasteiger charge is -2.22. The number of para-hydroxylation sites is 7. The van der Waals surface area contributed by atoms with Crippen molar-refractivity contribution in [3.63, 3.8) is 0 Å². The van der Waals surface area contributed by atoms with Crippen LogP contribution in [0.5, 0.6) is 0 Å². The summed E-state index contributed by atoms with van der Waals surface area (Å²) in [4.78, 5) is 0. The minimum atomic E-state index is -0.208. The third-order valence-corrected chi connectivity index (χ3v) is 33.0. The Balaban J connectivity index is 0.000000102. The van der Waals surface area contributed by atoms with E-state index in [9.17, 15) is 0 Å². The predicted octanol–water partition coefficient (Wildman–Crippen LogP) is 39.2. The molecule has 21 aromatic carbocycles. The number of nitrogens with zero attached hydrogens (tertiary/aromatic N) is 3. The van der Waals surface area contributed by atoms with E-state index in [0.717, 1.165) is 139 Å². The minimum Gasteiger partial charge on any atom is -0.456 e. The first-order valence-corrected chi connectivity index (χ1v) is 51.8. The lowest BCUT2D eigenvalue weighted by atomic mass is 9.82. The molecule has 30 aromatic rings. The van der Waals surface area contributed by atoms with Crippen LogP contribution < -0.4 is 0 Å². The Morgan fingerprint density at radius 2 is 0.413 bits per heavy atom. The Morgan fingerprint density at radius 3 is 0.753 bits per heavy atom. The molecule has 708 valence electrons. The first kappa shape index (κ1) is 85.4. The van der Waals surface area contributed by atoms with Gasteiger partial charge in [-0.2, -0.15) is 0 Å². The van der Waals surface area contributed by atoms with Crippen LogP contribution in [0, 0.1) is 0 Å². The fourth-order valence-corrected chi connectivity index (χ4v) is 25.5. The number of hydrogen-bond acceptors (Lipinski definition) is 6. The molecule has 0 N–H and O–H groups in total. The molecule has 3 aliphatic rings. The summed E-state index contributed by atoms with van der Waals surface area (Å²) in [6.45, 7) is 14.0. The first-order chi connectivity index (χ1) is 73.6. The van der Waals surface area contributed by atoms with Gasteiger partial charge in [0.05, 0.1) is 33.1 Å². The summed E-state index contributed by atoms with van der Waals surface area (Å²) in [5, 5.41) is 17.6. The summed E-state index contributed by atoms with van der Waals surface area (Å²) < 4.78 is 45.9. The molecular weight excluding hydrogens is 1830 g/mol. The summed E-state index contributed by atoms with van der Waals surface area (Å²) in [6, 6.07) is 164. The lowest BCUT2D eigenvalue weighted by Crippen LogP contribution is -2.15. The molecule has 0 radical (unpaired) electrons. The lowest BCUT2D eigenvalue weighted by molar-refractivity contribution is 0.631.